The summed E-state index contributed by atoms with van der Waals surface area (Å²) >= 11 is 0. The number of benzene rings is 3. The predicted octanol–water partition coefficient (Wildman–Crippen LogP) is 6.21. The summed E-state index contributed by atoms with van der Waals surface area (Å²) in [6, 6.07) is 17.1. The van der Waals surface area contributed by atoms with Gasteiger partial charge in [-0.2, -0.15) is 13.2 Å². The molecule has 1 unspecified atom stereocenters. The highest BCUT2D eigenvalue weighted by Gasteiger charge is 2.44. The zero-order valence-electron chi connectivity index (χ0n) is 18.2. The van der Waals surface area contributed by atoms with Gasteiger partial charge in [0.25, 0.3) is 0 Å². The quantitative estimate of drug-likeness (QED) is 0.347. The predicted molar refractivity (Wildman–Crippen MR) is 125 cm³/mol. The van der Waals surface area contributed by atoms with Crippen molar-refractivity contribution in [2.75, 3.05) is 7.05 Å². The molecule has 0 aliphatic carbocycles. The molecule has 1 N–H and O–H groups in total. The number of aromatic nitrogens is 1. The summed E-state index contributed by atoms with van der Waals surface area (Å²) in [6.07, 6.45) is 0.440. The molecule has 0 saturated heterocycles. The second kappa shape index (κ2) is 8.72. The van der Waals surface area contributed by atoms with Crippen molar-refractivity contribution in [1.82, 2.24) is 4.98 Å². The highest BCUT2D eigenvalue weighted by atomic mass is 32.2. The van der Waals surface area contributed by atoms with Crippen LogP contribution in [-0.2, 0) is 16.1 Å². The molecule has 4 aromatic rings. The van der Waals surface area contributed by atoms with Gasteiger partial charge < -0.3 is 4.98 Å². The van der Waals surface area contributed by atoms with Crippen molar-refractivity contribution in [3.8, 4) is 11.3 Å². The maximum atomic E-state index is 14.1. The maximum absolute atomic E-state index is 14.1. The third kappa shape index (κ3) is 4.11. The van der Waals surface area contributed by atoms with E-state index in [-0.39, 0.29) is 15.7 Å². The molecule has 34 heavy (non-hydrogen) atoms. The first-order valence-corrected chi connectivity index (χ1v) is 11.8. The molecule has 9 heteroatoms. The molecule has 0 bridgehead atoms. The van der Waals surface area contributed by atoms with E-state index in [0.29, 0.717) is 23.2 Å². The van der Waals surface area contributed by atoms with Crippen LogP contribution in [0.5, 0.6) is 0 Å². The Morgan fingerprint density at radius 3 is 2.09 bits per heavy atom. The molecular formula is C25H20F4N2O2S. The Bertz CT molecular complexity index is 1550. The van der Waals surface area contributed by atoms with Crippen molar-refractivity contribution >= 4 is 20.6 Å². The van der Waals surface area contributed by atoms with Crippen LogP contribution < -0.4 is 5.43 Å². The van der Waals surface area contributed by atoms with Gasteiger partial charge in [-0.15, -0.1) is 0 Å². The third-order valence-corrected chi connectivity index (χ3v) is 7.73. The molecular weight excluding hydrogens is 468 g/mol. The van der Waals surface area contributed by atoms with E-state index in [0.717, 1.165) is 23.7 Å². The second-order valence-electron chi connectivity index (χ2n) is 7.79. The normalized spacial score (nSPS) is 13.6. The highest BCUT2D eigenvalue weighted by Crippen LogP contribution is 2.32. The molecule has 0 radical (unpaired) electrons. The molecule has 0 aliphatic rings. The highest BCUT2D eigenvalue weighted by molar-refractivity contribution is 7.94. The zero-order valence-corrected chi connectivity index (χ0v) is 19.1. The molecule has 3 aromatic carbocycles. The van der Waals surface area contributed by atoms with E-state index in [2.05, 4.69) is 9.35 Å². The Labute approximate surface area is 193 Å². The summed E-state index contributed by atoms with van der Waals surface area (Å²) < 4.78 is 68.9. The second-order valence-corrected chi connectivity index (χ2v) is 10.1. The van der Waals surface area contributed by atoms with Crippen molar-refractivity contribution in [3.05, 3.63) is 99.5 Å². The first-order chi connectivity index (χ1) is 16.0. The molecule has 0 fully saturated rings. The van der Waals surface area contributed by atoms with Gasteiger partial charge in [-0.25, -0.2) is 13.0 Å². The zero-order chi connectivity index (χ0) is 24.7. The standard InChI is InChI=1S/C25H20F4N2O2S/c1-15-23(31-21-5-3-4-20(26)22(21)24(15)32)18-10-6-16(7-11-18)14-17-8-12-19(13-9-17)34(33,30-2)25(27,28)29/h3-13H,14H2,1-2H3,(H,31,32). The lowest BCUT2D eigenvalue weighted by molar-refractivity contribution is -0.0403. The molecule has 1 heterocycles. The number of aromatic amines is 1. The maximum Gasteiger partial charge on any atom is 0.483 e. The van der Waals surface area contributed by atoms with Crippen LogP contribution in [0.3, 0.4) is 0 Å². The minimum atomic E-state index is -4.95. The lowest BCUT2D eigenvalue weighted by Crippen LogP contribution is -2.23. The molecule has 0 amide bonds. The molecule has 176 valence electrons. The van der Waals surface area contributed by atoms with Crippen LogP contribution in [0.15, 0.2) is 80.8 Å². The molecule has 4 rings (SSSR count). The van der Waals surface area contributed by atoms with Crippen molar-refractivity contribution in [2.45, 2.75) is 23.7 Å². The van der Waals surface area contributed by atoms with Crippen LogP contribution in [0.1, 0.15) is 16.7 Å². The van der Waals surface area contributed by atoms with Crippen molar-refractivity contribution < 1.29 is 21.8 Å². The van der Waals surface area contributed by atoms with Crippen molar-refractivity contribution in [2.24, 2.45) is 4.36 Å². The van der Waals surface area contributed by atoms with Crippen LogP contribution >= 0.6 is 0 Å². The van der Waals surface area contributed by atoms with E-state index < -0.39 is 21.1 Å². The van der Waals surface area contributed by atoms with Gasteiger partial charge in [0.2, 0.25) is 0 Å². The van der Waals surface area contributed by atoms with E-state index >= 15 is 0 Å². The first kappa shape index (κ1) is 23.7. The number of nitrogens with one attached hydrogen (secondary N) is 1. The number of pyridine rings is 1. The minimum Gasteiger partial charge on any atom is -0.354 e. The number of fused-ring (bicyclic) bond motifs is 1. The van der Waals surface area contributed by atoms with Crippen LogP contribution in [0.25, 0.3) is 22.2 Å². The lowest BCUT2D eigenvalue weighted by Gasteiger charge is -2.13. The average Bonchev–Trinajstić information content (AvgIpc) is 2.81. The van der Waals surface area contributed by atoms with Crippen LogP contribution in [0, 0.1) is 12.7 Å². The van der Waals surface area contributed by atoms with Gasteiger partial charge in [-0.1, -0.05) is 42.5 Å². The van der Waals surface area contributed by atoms with Crippen molar-refractivity contribution in [1.29, 1.82) is 0 Å². The summed E-state index contributed by atoms with van der Waals surface area (Å²) in [7, 11) is -3.61. The Morgan fingerprint density at radius 2 is 1.53 bits per heavy atom. The average molecular weight is 489 g/mol. The van der Waals surface area contributed by atoms with Gasteiger partial charge >= 0.3 is 5.51 Å². The van der Waals surface area contributed by atoms with Crippen molar-refractivity contribution in [3.63, 3.8) is 0 Å². The number of hydrogen-bond acceptors (Lipinski definition) is 3. The molecule has 4 nitrogen and oxygen atoms in total. The van der Waals surface area contributed by atoms with E-state index in [1.54, 1.807) is 13.0 Å². The fourth-order valence-electron chi connectivity index (χ4n) is 3.84. The fraction of sp³-hybridized carbons (Fsp3) is 0.160. The molecule has 0 aliphatic heterocycles. The Kier molecular flexibility index (Phi) is 6.07. The number of halogens is 4. The third-order valence-electron chi connectivity index (χ3n) is 5.68. The molecule has 0 spiro atoms. The van der Waals surface area contributed by atoms with Crippen LogP contribution in [-0.4, -0.2) is 21.7 Å². The fourth-order valence-corrected chi connectivity index (χ4v) is 5.03. The first-order valence-electron chi connectivity index (χ1n) is 10.3. The smallest absolute Gasteiger partial charge is 0.354 e. The van der Waals surface area contributed by atoms with Gasteiger partial charge in [0.1, 0.15) is 5.82 Å². The van der Waals surface area contributed by atoms with Gasteiger partial charge in [0.05, 0.1) is 21.5 Å². The van der Waals surface area contributed by atoms with E-state index in [4.69, 9.17) is 0 Å². The topological polar surface area (TPSA) is 62.3 Å². The van der Waals surface area contributed by atoms with Gasteiger partial charge in [-0.3, -0.25) is 4.79 Å². The van der Waals surface area contributed by atoms with Gasteiger partial charge in [-0.05, 0) is 54.3 Å². The number of nitrogens with zero attached hydrogens (tertiary/aromatic N) is 1. The minimum absolute atomic E-state index is 0.0224. The number of rotatable bonds is 4. The van der Waals surface area contributed by atoms with Crippen LogP contribution in [0.4, 0.5) is 17.6 Å². The monoisotopic (exact) mass is 488 g/mol. The Hall–Kier alpha value is -3.46. The van der Waals surface area contributed by atoms with E-state index in [1.165, 1.54) is 36.4 Å². The number of alkyl halides is 3. The van der Waals surface area contributed by atoms with E-state index in [1.807, 2.05) is 24.3 Å². The summed E-state index contributed by atoms with van der Waals surface area (Å²) in [4.78, 5) is 15.4. The van der Waals surface area contributed by atoms with E-state index in [9.17, 15) is 26.6 Å². The summed E-state index contributed by atoms with van der Waals surface area (Å²) in [5.74, 6) is -0.576. The SMILES string of the molecule is CN=S(=O)(c1ccc(Cc2ccc(-c3[nH]c4cccc(F)c4c(=O)c3C)cc2)cc1)C(F)(F)F. The number of hydrogen-bond donors (Lipinski definition) is 1. The largest absolute Gasteiger partial charge is 0.483 e. The van der Waals surface area contributed by atoms with Gasteiger partial charge in [0, 0.05) is 12.6 Å². The summed E-state index contributed by atoms with van der Waals surface area (Å²) in [5, 5.41) is 0.0224. The summed E-state index contributed by atoms with van der Waals surface area (Å²) in [6.45, 7) is 1.64. The van der Waals surface area contributed by atoms with Crippen LogP contribution in [0.2, 0.25) is 0 Å². The Balaban J connectivity index is 1.61. The number of H-pyrrole nitrogens is 1. The molecule has 0 saturated carbocycles. The lowest BCUT2D eigenvalue weighted by atomic mass is 10.00. The van der Waals surface area contributed by atoms with Gasteiger partial charge in [0.15, 0.2) is 15.2 Å². The Morgan fingerprint density at radius 1 is 0.941 bits per heavy atom. The summed E-state index contributed by atoms with van der Waals surface area (Å²) in [5.41, 5.74) is -1.56. The molecule has 1 aromatic heterocycles. The molecule has 1 atom stereocenters.